The largest absolute Gasteiger partial charge is 0.345 e. The zero-order valence-electron chi connectivity index (χ0n) is 16.7. The fraction of sp³-hybridized carbons (Fsp3) is 0.409. The van der Waals surface area contributed by atoms with Gasteiger partial charge in [0.25, 0.3) is 5.91 Å². The summed E-state index contributed by atoms with van der Waals surface area (Å²) in [7, 11) is -3.30. The second kappa shape index (κ2) is 8.35. The number of hydrogen-bond acceptors (Lipinski definition) is 3. The minimum Gasteiger partial charge on any atom is -0.345 e. The van der Waals surface area contributed by atoms with E-state index in [0.717, 1.165) is 18.4 Å². The Bertz CT molecular complexity index is 969. The third-order valence-electron chi connectivity index (χ3n) is 5.39. The molecule has 5 nitrogen and oxygen atoms in total. The molecule has 28 heavy (non-hydrogen) atoms. The van der Waals surface area contributed by atoms with Crippen molar-refractivity contribution in [3.05, 3.63) is 64.7 Å². The highest BCUT2D eigenvalue weighted by molar-refractivity contribution is 7.92. The maximum Gasteiger partial charge on any atom is 0.251 e. The van der Waals surface area contributed by atoms with Gasteiger partial charge in [-0.15, -0.1) is 0 Å². The molecule has 0 bridgehead atoms. The molecule has 0 spiro atoms. The van der Waals surface area contributed by atoms with Gasteiger partial charge in [0.15, 0.2) is 0 Å². The van der Waals surface area contributed by atoms with Crippen LogP contribution in [0.1, 0.15) is 59.3 Å². The summed E-state index contributed by atoms with van der Waals surface area (Å²) in [4.78, 5) is 12.9. The molecule has 1 saturated heterocycles. The van der Waals surface area contributed by atoms with E-state index in [1.165, 1.54) is 15.4 Å². The molecule has 1 amide bonds. The first-order valence-corrected chi connectivity index (χ1v) is 11.4. The number of aryl methyl sites for hydroxylation is 2. The number of sulfonamides is 1. The number of nitrogens with one attached hydrogen (secondary N) is 1. The Hall–Kier alpha value is -2.34. The van der Waals surface area contributed by atoms with Crippen LogP contribution in [0.25, 0.3) is 0 Å². The first-order chi connectivity index (χ1) is 13.3. The number of carbonyl (C=O) groups is 1. The van der Waals surface area contributed by atoms with Crippen LogP contribution in [0.4, 0.5) is 5.69 Å². The van der Waals surface area contributed by atoms with Crippen LogP contribution in [0.5, 0.6) is 0 Å². The predicted octanol–water partition coefficient (Wildman–Crippen LogP) is 4.11. The highest BCUT2D eigenvalue weighted by Crippen LogP contribution is 2.25. The van der Waals surface area contributed by atoms with Crippen molar-refractivity contribution in [2.45, 2.75) is 46.1 Å². The van der Waals surface area contributed by atoms with Crippen LogP contribution < -0.4 is 9.62 Å². The summed E-state index contributed by atoms with van der Waals surface area (Å²) in [6.45, 7) is 6.64. The highest BCUT2D eigenvalue weighted by Gasteiger charge is 2.26. The van der Waals surface area contributed by atoms with Gasteiger partial charge in [-0.25, -0.2) is 8.42 Å². The minimum atomic E-state index is -3.30. The monoisotopic (exact) mass is 400 g/mol. The average Bonchev–Trinajstić information content (AvgIpc) is 2.68. The Morgan fingerprint density at radius 1 is 1.11 bits per heavy atom. The molecule has 0 aliphatic carbocycles. The number of amides is 1. The van der Waals surface area contributed by atoms with Gasteiger partial charge in [0, 0.05) is 12.1 Å². The zero-order chi connectivity index (χ0) is 20.3. The zero-order valence-corrected chi connectivity index (χ0v) is 17.6. The Labute approximate surface area is 167 Å². The summed E-state index contributed by atoms with van der Waals surface area (Å²) >= 11 is 0. The topological polar surface area (TPSA) is 66.5 Å². The smallest absolute Gasteiger partial charge is 0.251 e. The van der Waals surface area contributed by atoms with Gasteiger partial charge in [0.05, 0.1) is 17.5 Å². The molecule has 1 N–H and O–H groups in total. The van der Waals surface area contributed by atoms with Crippen molar-refractivity contribution >= 4 is 21.6 Å². The lowest BCUT2D eigenvalue weighted by molar-refractivity contribution is 0.0935. The molecule has 0 aromatic heterocycles. The number of hydrogen-bond donors (Lipinski definition) is 1. The van der Waals surface area contributed by atoms with Crippen LogP contribution in [0.2, 0.25) is 0 Å². The maximum absolute atomic E-state index is 12.9. The van der Waals surface area contributed by atoms with Gasteiger partial charge in [-0.05, 0) is 68.0 Å². The average molecular weight is 401 g/mol. The molecule has 1 aliphatic rings. The molecule has 2 aromatic rings. The standard InChI is InChI=1S/C22H28N2O3S/c1-4-21(18-11-10-16(2)17(3)14-18)23-22(25)19-8-7-9-20(15-19)24-12-5-6-13-28(24,26)27/h7-11,14-15,21H,4-6,12-13H2,1-3H3,(H,23,25)/t21-/m1/s1. The Morgan fingerprint density at radius 2 is 1.89 bits per heavy atom. The van der Waals surface area contributed by atoms with E-state index in [9.17, 15) is 13.2 Å². The van der Waals surface area contributed by atoms with E-state index in [1.54, 1.807) is 24.3 Å². The normalized spacial score (nSPS) is 17.2. The first kappa shape index (κ1) is 20.4. The summed E-state index contributed by atoms with van der Waals surface area (Å²) in [6.07, 6.45) is 2.29. The van der Waals surface area contributed by atoms with Gasteiger partial charge in [-0.2, -0.15) is 0 Å². The summed E-state index contributed by atoms with van der Waals surface area (Å²) < 4.78 is 26.1. The number of nitrogens with zero attached hydrogens (tertiary/aromatic N) is 1. The minimum absolute atomic E-state index is 0.0887. The molecule has 2 aromatic carbocycles. The van der Waals surface area contributed by atoms with E-state index in [4.69, 9.17) is 0 Å². The van der Waals surface area contributed by atoms with E-state index < -0.39 is 10.0 Å². The van der Waals surface area contributed by atoms with Gasteiger partial charge in [-0.1, -0.05) is 31.2 Å². The number of anilines is 1. The molecular weight excluding hydrogens is 372 g/mol. The number of benzene rings is 2. The molecular formula is C22H28N2O3S. The van der Waals surface area contributed by atoms with Crippen molar-refractivity contribution < 1.29 is 13.2 Å². The lowest BCUT2D eigenvalue weighted by Crippen LogP contribution is -2.38. The molecule has 0 unspecified atom stereocenters. The van der Waals surface area contributed by atoms with Crippen LogP contribution in [0.15, 0.2) is 42.5 Å². The fourth-order valence-corrected chi connectivity index (χ4v) is 5.16. The van der Waals surface area contributed by atoms with Gasteiger partial charge in [0.2, 0.25) is 10.0 Å². The lowest BCUT2D eigenvalue weighted by Gasteiger charge is -2.28. The predicted molar refractivity (Wildman–Crippen MR) is 113 cm³/mol. The van der Waals surface area contributed by atoms with Gasteiger partial charge in [-0.3, -0.25) is 9.10 Å². The molecule has 150 valence electrons. The van der Waals surface area contributed by atoms with Crippen molar-refractivity contribution in [1.82, 2.24) is 5.32 Å². The molecule has 1 heterocycles. The van der Waals surface area contributed by atoms with E-state index in [1.807, 2.05) is 13.0 Å². The molecule has 6 heteroatoms. The van der Waals surface area contributed by atoms with E-state index in [2.05, 4.69) is 31.3 Å². The quantitative estimate of drug-likeness (QED) is 0.821. The first-order valence-electron chi connectivity index (χ1n) is 9.80. The van der Waals surface area contributed by atoms with Crippen LogP contribution in [-0.4, -0.2) is 26.6 Å². The Morgan fingerprint density at radius 3 is 2.57 bits per heavy atom. The summed E-state index contributed by atoms with van der Waals surface area (Å²) in [5.74, 6) is -0.0324. The van der Waals surface area contributed by atoms with Crippen LogP contribution >= 0.6 is 0 Å². The highest BCUT2D eigenvalue weighted by atomic mass is 32.2. The summed E-state index contributed by atoms with van der Waals surface area (Å²) in [6, 6.07) is 13.0. The molecule has 0 saturated carbocycles. The molecule has 1 fully saturated rings. The van der Waals surface area contributed by atoms with E-state index in [0.29, 0.717) is 24.2 Å². The van der Waals surface area contributed by atoms with Gasteiger partial charge < -0.3 is 5.32 Å². The molecule has 1 atom stereocenters. The summed E-state index contributed by atoms with van der Waals surface area (Å²) in [5.41, 5.74) is 4.53. The maximum atomic E-state index is 12.9. The lowest BCUT2D eigenvalue weighted by atomic mass is 9.99. The third-order valence-corrected chi connectivity index (χ3v) is 7.26. The van der Waals surface area contributed by atoms with Crippen LogP contribution in [0, 0.1) is 13.8 Å². The summed E-state index contributed by atoms with van der Waals surface area (Å²) in [5, 5.41) is 3.09. The Balaban J connectivity index is 1.81. The number of carbonyl (C=O) groups excluding carboxylic acids is 1. The van der Waals surface area contributed by atoms with Gasteiger partial charge in [0.1, 0.15) is 0 Å². The van der Waals surface area contributed by atoms with Crippen molar-refractivity contribution in [2.75, 3.05) is 16.6 Å². The van der Waals surface area contributed by atoms with Crippen molar-refractivity contribution in [3.63, 3.8) is 0 Å². The van der Waals surface area contributed by atoms with Crippen molar-refractivity contribution in [3.8, 4) is 0 Å². The van der Waals surface area contributed by atoms with E-state index in [-0.39, 0.29) is 17.7 Å². The molecule has 3 rings (SSSR count). The second-order valence-electron chi connectivity index (χ2n) is 7.42. The Kier molecular flexibility index (Phi) is 6.08. The third kappa shape index (κ3) is 4.38. The van der Waals surface area contributed by atoms with Crippen LogP contribution in [-0.2, 0) is 10.0 Å². The fourth-order valence-electron chi connectivity index (χ4n) is 3.53. The second-order valence-corrected chi connectivity index (χ2v) is 9.44. The van der Waals surface area contributed by atoms with E-state index >= 15 is 0 Å². The van der Waals surface area contributed by atoms with Crippen molar-refractivity contribution in [2.24, 2.45) is 0 Å². The molecule has 1 aliphatic heterocycles. The van der Waals surface area contributed by atoms with Crippen LogP contribution in [0.3, 0.4) is 0 Å². The molecule has 0 radical (unpaired) electrons. The van der Waals surface area contributed by atoms with Crippen molar-refractivity contribution in [1.29, 1.82) is 0 Å². The number of rotatable bonds is 5. The van der Waals surface area contributed by atoms with Gasteiger partial charge >= 0.3 is 0 Å². The SMILES string of the molecule is CC[C@@H](NC(=O)c1cccc(N2CCCCS2(=O)=O)c1)c1ccc(C)c(C)c1.